The Labute approximate surface area is 139 Å². The summed E-state index contributed by atoms with van der Waals surface area (Å²) in [5.41, 5.74) is 0. The quantitative estimate of drug-likeness (QED) is 0.896. The van der Waals surface area contributed by atoms with Gasteiger partial charge in [-0.3, -0.25) is 4.79 Å². The van der Waals surface area contributed by atoms with Gasteiger partial charge in [-0.05, 0) is 49.1 Å². The minimum absolute atomic E-state index is 0.0838. The zero-order valence-corrected chi connectivity index (χ0v) is 14.3. The van der Waals surface area contributed by atoms with E-state index in [9.17, 15) is 9.90 Å². The number of carbonyl (C=O) groups is 1. The average Bonchev–Trinajstić information content (AvgIpc) is 3.25. The Morgan fingerprint density at radius 1 is 1.32 bits per heavy atom. The summed E-state index contributed by atoms with van der Waals surface area (Å²) in [6, 6.07) is 8.10. The van der Waals surface area contributed by atoms with E-state index in [1.807, 2.05) is 46.8 Å². The molecule has 2 aromatic heterocycles. The molecule has 3 rings (SSSR count). The number of nitrogens with zero attached hydrogens (tertiary/aromatic N) is 1. The van der Waals surface area contributed by atoms with Gasteiger partial charge in [-0.25, -0.2) is 0 Å². The van der Waals surface area contributed by atoms with E-state index in [0.29, 0.717) is 6.42 Å². The highest BCUT2D eigenvalue weighted by Crippen LogP contribution is 2.32. The van der Waals surface area contributed by atoms with Crippen LogP contribution in [0.25, 0.3) is 0 Å². The van der Waals surface area contributed by atoms with Crippen LogP contribution in [0.5, 0.6) is 0 Å². The van der Waals surface area contributed by atoms with Gasteiger partial charge in [0.1, 0.15) is 0 Å². The summed E-state index contributed by atoms with van der Waals surface area (Å²) in [4.78, 5) is 16.9. The van der Waals surface area contributed by atoms with E-state index in [1.165, 1.54) is 0 Å². The van der Waals surface area contributed by atoms with Gasteiger partial charge in [0.25, 0.3) is 0 Å². The van der Waals surface area contributed by atoms with Gasteiger partial charge in [0.15, 0.2) is 0 Å². The molecular weight excluding hydrogens is 314 g/mol. The molecule has 2 aromatic rings. The van der Waals surface area contributed by atoms with Crippen molar-refractivity contribution < 1.29 is 9.90 Å². The van der Waals surface area contributed by atoms with E-state index in [4.69, 9.17) is 0 Å². The predicted molar refractivity (Wildman–Crippen MR) is 91.4 cm³/mol. The average molecular weight is 335 g/mol. The molecule has 5 heteroatoms. The second-order valence-electron chi connectivity index (χ2n) is 5.83. The standard InChI is InChI=1S/C17H21NO2S2/c1-12(15-6-3-9-21-15)17(20)18-8-2-5-13(18)11-14(19)16-7-4-10-22-16/h3-4,6-7,9-10,12-14,19H,2,5,8,11H2,1H3/t12-,13-,14+/m0/s1. The minimum atomic E-state index is -0.463. The van der Waals surface area contributed by atoms with Crippen molar-refractivity contribution in [2.75, 3.05) is 6.54 Å². The zero-order chi connectivity index (χ0) is 15.5. The van der Waals surface area contributed by atoms with E-state index in [2.05, 4.69) is 0 Å². The Bertz CT molecular complexity index is 594. The largest absolute Gasteiger partial charge is 0.387 e. The molecule has 0 saturated carbocycles. The lowest BCUT2D eigenvalue weighted by molar-refractivity contribution is -0.133. The molecule has 22 heavy (non-hydrogen) atoms. The summed E-state index contributed by atoms with van der Waals surface area (Å²) in [5.74, 6) is 0.114. The first-order valence-electron chi connectivity index (χ1n) is 7.72. The van der Waals surface area contributed by atoms with Crippen molar-refractivity contribution in [3.05, 3.63) is 44.8 Å². The van der Waals surface area contributed by atoms with Crippen molar-refractivity contribution in [3.63, 3.8) is 0 Å². The molecule has 0 spiro atoms. The summed E-state index contributed by atoms with van der Waals surface area (Å²) in [6.45, 7) is 2.80. The van der Waals surface area contributed by atoms with Gasteiger partial charge in [-0.15, -0.1) is 22.7 Å². The SMILES string of the molecule is C[C@H](C(=O)N1CCC[C@H]1C[C@@H](O)c1cccs1)c1cccs1. The maximum Gasteiger partial charge on any atom is 0.230 e. The maximum atomic E-state index is 12.8. The second-order valence-corrected chi connectivity index (χ2v) is 7.79. The number of hydrogen-bond donors (Lipinski definition) is 1. The number of aliphatic hydroxyl groups excluding tert-OH is 1. The minimum Gasteiger partial charge on any atom is -0.387 e. The fraction of sp³-hybridized carbons (Fsp3) is 0.471. The molecule has 1 fully saturated rings. The van der Waals surface area contributed by atoms with E-state index in [-0.39, 0.29) is 17.9 Å². The Morgan fingerprint density at radius 2 is 2.00 bits per heavy atom. The Balaban J connectivity index is 1.66. The predicted octanol–water partition coefficient (Wildman–Crippen LogP) is 4.03. The second kappa shape index (κ2) is 6.94. The van der Waals surface area contributed by atoms with Crippen molar-refractivity contribution in [1.29, 1.82) is 0 Å². The molecule has 0 bridgehead atoms. The zero-order valence-electron chi connectivity index (χ0n) is 12.6. The summed E-state index contributed by atoms with van der Waals surface area (Å²) < 4.78 is 0. The Kier molecular flexibility index (Phi) is 4.96. The normalized spacial score (nSPS) is 21.0. The third kappa shape index (κ3) is 3.26. The molecule has 1 aliphatic heterocycles. The van der Waals surface area contributed by atoms with E-state index >= 15 is 0 Å². The number of thiophene rings is 2. The van der Waals surface area contributed by atoms with Crippen molar-refractivity contribution in [1.82, 2.24) is 4.90 Å². The van der Waals surface area contributed by atoms with Crippen molar-refractivity contribution >= 4 is 28.6 Å². The lowest BCUT2D eigenvalue weighted by Gasteiger charge is -2.28. The summed E-state index contributed by atoms with van der Waals surface area (Å²) in [7, 11) is 0. The smallest absolute Gasteiger partial charge is 0.230 e. The highest BCUT2D eigenvalue weighted by molar-refractivity contribution is 7.10. The molecule has 0 aromatic carbocycles. The number of aliphatic hydroxyl groups is 1. The number of rotatable bonds is 5. The summed E-state index contributed by atoms with van der Waals surface area (Å²) in [5, 5.41) is 14.4. The van der Waals surface area contributed by atoms with Gasteiger partial charge in [0, 0.05) is 22.3 Å². The van der Waals surface area contributed by atoms with Crippen LogP contribution in [0.3, 0.4) is 0 Å². The lowest BCUT2D eigenvalue weighted by atomic mass is 10.0. The molecule has 3 heterocycles. The van der Waals surface area contributed by atoms with Gasteiger partial charge in [0.2, 0.25) is 5.91 Å². The molecular formula is C17H21NO2S2. The summed E-state index contributed by atoms with van der Waals surface area (Å²) in [6.07, 6.45) is 2.20. The molecule has 1 N–H and O–H groups in total. The molecule has 118 valence electrons. The molecule has 1 amide bonds. The van der Waals surface area contributed by atoms with E-state index in [0.717, 1.165) is 29.1 Å². The lowest BCUT2D eigenvalue weighted by Crippen LogP contribution is -2.38. The first-order valence-corrected chi connectivity index (χ1v) is 9.48. The van der Waals surface area contributed by atoms with E-state index in [1.54, 1.807) is 22.7 Å². The van der Waals surface area contributed by atoms with E-state index < -0.39 is 6.10 Å². The van der Waals surface area contributed by atoms with Crippen molar-refractivity contribution in [2.45, 2.75) is 44.2 Å². The number of carbonyl (C=O) groups excluding carboxylic acids is 1. The van der Waals surface area contributed by atoms with Crippen molar-refractivity contribution in [3.8, 4) is 0 Å². The van der Waals surface area contributed by atoms with Gasteiger partial charge in [-0.2, -0.15) is 0 Å². The van der Waals surface area contributed by atoms with Crippen LogP contribution in [0.1, 0.15) is 48.0 Å². The highest BCUT2D eigenvalue weighted by Gasteiger charge is 2.33. The number of hydrogen-bond acceptors (Lipinski definition) is 4. The molecule has 0 unspecified atom stereocenters. The molecule has 1 saturated heterocycles. The van der Waals surface area contributed by atoms with Gasteiger partial charge in [-0.1, -0.05) is 12.1 Å². The van der Waals surface area contributed by atoms with Crippen LogP contribution in [0.4, 0.5) is 0 Å². The van der Waals surface area contributed by atoms with Crippen LogP contribution in [-0.4, -0.2) is 28.5 Å². The fourth-order valence-electron chi connectivity index (χ4n) is 3.13. The molecule has 1 aliphatic rings. The number of likely N-dealkylation sites (tertiary alicyclic amines) is 1. The molecule has 3 nitrogen and oxygen atoms in total. The van der Waals surface area contributed by atoms with Crippen LogP contribution in [0.2, 0.25) is 0 Å². The maximum absolute atomic E-state index is 12.8. The first-order chi connectivity index (χ1) is 10.7. The number of amides is 1. The van der Waals surface area contributed by atoms with Crippen LogP contribution < -0.4 is 0 Å². The van der Waals surface area contributed by atoms with Crippen LogP contribution >= 0.6 is 22.7 Å². The van der Waals surface area contributed by atoms with Gasteiger partial charge >= 0.3 is 0 Å². The molecule has 3 atom stereocenters. The first kappa shape index (κ1) is 15.7. The topological polar surface area (TPSA) is 40.5 Å². The Hall–Kier alpha value is -1.17. The van der Waals surface area contributed by atoms with Gasteiger partial charge in [0.05, 0.1) is 12.0 Å². The monoisotopic (exact) mass is 335 g/mol. The summed E-state index contributed by atoms with van der Waals surface area (Å²) >= 11 is 3.21. The fourth-order valence-corrected chi connectivity index (χ4v) is 4.63. The molecule has 0 aliphatic carbocycles. The van der Waals surface area contributed by atoms with Crippen molar-refractivity contribution in [2.24, 2.45) is 0 Å². The third-order valence-corrected chi connectivity index (χ3v) is 6.40. The van der Waals surface area contributed by atoms with Crippen LogP contribution in [-0.2, 0) is 4.79 Å². The van der Waals surface area contributed by atoms with Crippen LogP contribution in [0, 0.1) is 0 Å². The molecule has 0 radical (unpaired) electrons. The third-order valence-electron chi connectivity index (χ3n) is 4.37. The van der Waals surface area contributed by atoms with Gasteiger partial charge < -0.3 is 10.0 Å². The van der Waals surface area contributed by atoms with Crippen LogP contribution in [0.15, 0.2) is 35.0 Å². The Morgan fingerprint density at radius 3 is 2.64 bits per heavy atom. The highest BCUT2D eigenvalue weighted by atomic mass is 32.1.